The fraction of sp³-hybridized carbons (Fsp3) is 0. The molecule has 1 radical (unpaired) electrons. The maximum absolute atomic E-state index is 4.86. The van der Waals surface area contributed by atoms with E-state index in [0.29, 0.717) is 0 Å². The van der Waals surface area contributed by atoms with Gasteiger partial charge in [0.25, 0.3) is 0 Å². The summed E-state index contributed by atoms with van der Waals surface area (Å²) >= 11 is 0. The first-order valence-corrected chi connectivity index (χ1v) is 11.9. The van der Waals surface area contributed by atoms with Crippen LogP contribution < -0.4 is 0 Å². The van der Waals surface area contributed by atoms with Crippen LogP contribution in [0.4, 0.5) is 0 Å². The van der Waals surface area contributed by atoms with Crippen LogP contribution in [0.1, 0.15) is 5.56 Å². The van der Waals surface area contributed by atoms with Gasteiger partial charge in [0.05, 0.1) is 5.52 Å². The van der Waals surface area contributed by atoms with Crippen LogP contribution in [0, 0.1) is 12.1 Å². The molecule has 179 valence electrons. The van der Waals surface area contributed by atoms with Gasteiger partial charge >= 0.3 is 0 Å². The molecule has 0 fully saturated rings. The Morgan fingerprint density at radius 1 is 0.622 bits per heavy atom. The minimum atomic E-state index is 0. The van der Waals surface area contributed by atoms with Crippen molar-refractivity contribution in [3.63, 3.8) is 0 Å². The van der Waals surface area contributed by atoms with Gasteiger partial charge in [-0.25, -0.2) is 0 Å². The number of hydrogen-bond acceptors (Lipinski definition) is 2. The molecule has 37 heavy (non-hydrogen) atoms. The maximum atomic E-state index is 4.86. The number of hydrogen-bond donors (Lipinski definition) is 0. The standard InChI is InChI=1S/C21H12N.C13H10N.Ir/c1-2-7-14(8-3-1)20-13-18-16-10-5-4-9-15(16)17-11-6-12-19(22-20)21(17)18;1-2-11-6-5-7-12(10-11)13-8-3-4-9-14-13;/h1-7,9-13H;2-6,8-10H,1H2;/q2*-1;. The Balaban J connectivity index is 0.000000163. The van der Waals surface area contributed by atoms with E-state index in [4.69, 9.17) is 4.98 Å². The van der Waals surface area contributed by atoms with Crippen LogP contribution in [-0.4, -0.2) is 9.97 Å². The molecular weight excluding hydrogens is 629 g/mol. The predicted octanol–water partition coefficient (Wildman–Crippen LogP) is 8.54. The molecule has 7 rings (SSSR count). The fourth-order valence-corrected chi connectivity index (χ4v) is 4.65. The average molecular weight is 651 g/mol. The summed E-state index contributed by atoms with van der Waals surface area (Å²) in [4.78, 5) is 9.12. The van der Waals surface area contributed by atoms with Crippen molar-refractivity contribution in [2.24, 2.45) is 0 Å². The topological polar surface area (TPSA) is 25.8 Å². The first-order valence-electron chi connectivity index (χ1n) is 11.9. The van der Waals surface area contributed by atoms with Crippen LogP contribution in [0.15, 0.2) is 122 Å². The monoisotopic (exact) mass is 651 g/mol. The van der Waals surface area contributed by atoms with Crippen LogP contribution in [0.25, 0.3) is 61.7 Å². The van der Waals surface area contributed by atoms with Crippen LogP contribution in [0.3, 0.4) is 0 Å². The van der Waals surface area contributed by atoms with Gasteiger partial charge in [0.15, 0.2) is 0 Å². The first kappa shape index (κ1) is 24.5. The smallest absolute Gasteiger partial charge is 0.0607 e. The number of fused-ring (bicyclic) bond motifs is 3. The van der Waals surface area contributed by atoms with Gasteiger partial charge in [-0.05, 0) is 45.8 Å². The van der Waals surface area contributed by atoms with Crippen molar-refractivity contribution in [2.45, 2.75) is 0 Å². The molecule has 0 bridgehead atoms. The number of nitrogens with zero attached hydrogens (tertiary/aromatic N) is 2. The van der Waals surface area contributed by atoms with E-state index in [1.165, 1.54) is 27.6 Å². The van der Waals surface area contributed by atoms with Crippen molar-refractivity contribution < 1.29 is 20.1 Å². The Morgan fingerprint density at radius 2 is 1.38 bits per heavy atom. The summed E-state index contributed by atoms with van der Waals surface area (Å²) in [6, 6.07) is 43.3. The normalized spacial score (nSPS) is 10.6. The van der Waals surface area contributed by atoms with E-state index in [1.807, 2.05) is 60.7 Å². The molecule has 0 saturated heterocycles. The van der Waals surface area contributed by atoms with Crippen LogP contribution in [0.2, 0.25) is 0 Å². The molecular formula is C34H22IrN2-2. The molecule has 0 N–H and O–H groups in total. The molecule has 0 aliphatic heterocycles. The summed E-state index contributed by atoms with van der Waals surface area (Å²) in [5, 5.41) is 1.27. The van der Waals surface area contributed by atoms with E-state index in [9.17, 15) is 0 Å². The van der Waals surface area contributed by atoms with Gasteiger partial charge in [0.2, 0.25) is 0 Å². The number of rotatable bonds is 3. The molecule has 1 aliphatic rings. The molecule has 0 atom stereocenters. The van der Waals surface area contributed by atoms with Crippen molar-refractivity contribution in [2.75, 3.05) is 0 Å². The third-order valence-electron chi connectivity index (χ3n) is 6.33. The van der Waals surface area contributed by atoms with Gasteiger partial charge in [-0.15, -0.1) is 77.9 Å². The van der Waals surface area contributed by atoms with Gasteiger partial charge in [-0.1, -0.05) is 60.7 Å². The summed E-state index contributed by atoms with van der Waals surface area (Å²) in [5.41, 5.74) is 11.3. The van der Waals surface area contributed by atoms with Gasteiger partial charge < -0.3 is 4.98 Å². The molecule has 0 unspecified atom stereocenters. The zero-order chi connectivity index (χ0) is 24.3. The molecule has 3 heteroatoms. The van der Waals surface area contributed by atoms with Crippen molar-refractivity contribution in [3.05, 3.63) is 140 Å². The van der Waals surface area contributed by atoms with Gasteiger partial charge in [-0.2, -0.15) is 0 Å². The SMILES string of the molecule is C=Cc1cc[c-]c(-c2ccccn2)c1.[Ir].[c-]1ccccc1-c1cc2c3c(cccc3n1)-c1ccccc1-2. The molecule has 0 saturated carbocycles. The average Bonchev–Trinajstić information content (AvgIpc) is 3.29. The van der Waals surface area contributed by atoms with Crippen LogP contribution in [-0.2, 0) is 20.1 Å². The van der Waals surface area contributed by atoms with Gasteiger partial charge in [-0.3, -0.25) is 4.98 Å². The van der Waals surface area contributed by atoms with Crippen molar-refractivity contribution >= 4 is 17.0 Å². The third-order valence-corrected chi connectivity index (χ3v) is 6.33. The van der Waals surface area contributed by atoms with Gasteiger partial charge in [0.1, 0.15) is 0 Å². The minimum Gasteiger partial charge on any atom is -0.305 e. The van der Waals surface area contributed by atoms with E-state index in [-0.39, 0.29) is 20.1 Å². The van der Waals surface area contributed by atoms with Crippen molar-refractivity contribution in [3.8, 4) is 44.8 Å². The molecule has 4 aromatic carbocycles. The first-order chi connectivity index (χ1) is 17.8. The Morgan fingerprint density at radius 3 is 2.14 bits per heavy atom. The largest absolute Gasteiger partial charge is 0.305 e. The Bertz CT molecular complexity index is 1690. The minimum absolute atomic E-state index is 0. The van der Waals surface area contributed by atoms with E-state index in [2.05, 4.69) is 78.3 Å². The number of aromatic nitrogens is 2. The van der Waals surface area contributed by atoms with E-state index in [1.54, 1.807) is 6.20 Å². The summed E-state index contributed by atoms with van der Waals surface area (Å²) < 4.78 is 0. The van der Waals surface area contributed by atoms with E-state index < -0.39 is 0 Å². The van der Waals surface area contributed by atoms with Crippen molar-refractivity contribution in [1.29, 1.82) is 0 Å². The molecule has 2 nitrogen and oxygen atoms in total. The number of pyridine rings is 2. The molecule has 2 heterocycles. The third kappa shape index (κ3) is 4.80. The summed E-state index contributed by atoms with van der Waals surface area (Å²) in [6.07, 6.45) is 3.60. The van der Waals surface area contributed by atoms with Gasteiger partial charge in [0, 0.05) is 31.7 Å². The zero-order valence-corrected chi connectivity index (χ0v) is 22.4. The molecule has 0 spiro atoms. The summed E-state index contributed by atoms with van der Waals surface area (Å²) in [5.74, 6) is 0. The zero-order valence-electron chi connectivity index (χ0n) is 20.0. The summed E-state index contributed by atoms with van der Waals surface area (Å²) in [7, 11) is 0. The molecule has 1 aliphatic carbocycles. The number of benzene rings is 4. The second kappa shape index (κ2) is 10.8. The van der Waals surface area contributed by atoms with Crippen LogP contribution >= 0.6 is 0 Å². The predicted molar refractivity (Wildman–Crippen MR) is 149 cm³/mol. The second-order valence-corrected chi connectivity index (χ2v) is 8.53. The summed E-state index contributed by atoms with van der Waals surface area (Å²) in [6.45, 7) is 3.73. The Labute approximate surface area is 230 Å². The van der Waals surface area contributed by atoms with E-state index >= 15 is 0 Å². The van der Waals surface area contributed by atoms with Crippen molar-refractivity contribution in [1.82, 2.24) is 9.97 Å². The second-order valence-electron chi connectivity index (χ2n) is 8.53. The maximum Gasteiger partial charge on any atom is 0.0607 e. The fourth-order valence-electron chi connectivity index (χ4n) is 4.65. The Hall–Kier alpha value is -4.17. The molecule has 2 aromatic heterocycles. The Kier molecular flexibility index (Phi) is 7.18. The molecule has 0 amide bonds. The van der Waals surface area contributed by atoms with Crippen LogP contribution in [0.5, 0.6) is 0 Å². The van der Waals surface area contributed by atoms with E-state index in [0.717, 1.165) is 33.6 Å². The quantitative estimate of drug-likeness (QED) is 0.179. The molecule has 6 aromatic rings.